The van der Waals surface area contributed by atoms with Gasteiger partial charge in [-0.3, -0.25) is 13.9 Å². The number of anilines is 2. The van der Waals surface area contributed by atoms with Gasteiger partial charge < -0.3 is 25.0 Å². The molecule has 4 unspecified atom stereocenters. The summed E-state index contributed by atoms with van der Waals surface area (Å²) >= 11 is 6.61. The summed E-state index contributed by atoms with van der Waals surface area (Å²) in [5.74, 6) is 0.260. The monoisotopic (exact) mass is 553 g/mol. The molecule has 2 aromatic heterocycles. The van der Waals surface area contributed by atoms with Gasteiger partial charge in [0.05, 0.1) is 30.5 Å². The Bertz CT molecular complexity index is 1280. The van der Waals surface area contributed by atoms with E-state index in [1.165, 1.54) is 0 Å². The third kappa shape index (κ3) is 6.68. The maximum atomic E-state index is 13.5. The molecule has 37 heavy (non-hydrogen) atoms. The van der Waals surface area contributed by atoms with Crippen molar-refractivity contribution in [2.45, 2.75) is 44.1 Å². The van der Waals surface area contributed by atoms with Crippen LogP contribution in [-0.4, -0.2) is 63.3 Å². The van der Waals surface area contributed by atoms with E-state index in [-0.39, 0.29) is 25.2 Å². The van der Waals surface area contributed by atoms with Gasteiger partial charge in [0.1, 0.15) is 12.3 Å². The zero-order chi connectivity index (χ0) is 26.6. The molecule has 3 aromatic rings. The molecule has 0 aliphatic carbocycles. The number of nitrogens with zero attached hydrogens (tertiary/aromatic N) is 4. The van der Waals surface area contributed by atoms with Gasteiger partial charge in [-0.05, 0) is 32.4 Å². The molecule has 1 aromatic carbocycles. The largest absolute Gasteiger partial charge is 0.462 e. The Labute approximate surface area is 218 Å². The number of nitrogens with one attached hydrogen (secondary N) is 2. The summed E-state index contributed by atoms with van der Waals surface area (Å²) in [7, 11) is -2.28. The number of ether oxygens (including phenoxy) is 2. The minimum atomic E-state index is -3.99. The van der Waals surface area contributed by atoms with E-state index in [1.807, 2.05) is 0 Å². The average Bonchev–Trinajstić information content (AvgIpc) is 3.44. The maximum Gasteiger partial charge on any atom is 0.459 e. The highest BCUT2D eigenvalue weighted by molar-refractivity contribution is 7.52. The molecule has 1 aliphatic rings. The van der Waals surface area contributed by atoms with Crippen LogP contribution in [0.3, 0.4) is 0 Å². The van der Waals surface area contributed by atoms with Gasteiger partial charge in [-0.2, -0.15) is 9.97 Å². The van der Waals surface area contributed by atoms with E-state index >= 15 is 0 Å². The number of halogens is 1. The van der Waals surface area contributed by atoms with Crippen molar-refractivity contribution in [3.63, 3.8) is 0 Å². The summed E-state index contributed by atoms with van der Waals surface area (Å²) < 4.78 is 37.7. The van der Waals surface area contributed by atoms with Gasteiger partial charge in [0, 0.05) is 7.05 Å². The minimum absolute atomic E-state index is 0.0728. The van der Waals surface area contributed by atoms with Gasteiger partial charge in [-0.15, -0.1) is 11.6 Å². The predicted octanol–water partition coefficient (Wildman–Crippen LogP) is 3.09. The van der Waals surface area contributed by atoms with Crippen LogP contribution < -0.4 is 20.7 Å². The van der Waals surface area contributed by atoms with Gasteiger partial charge in [0.15, 0.2) is 23.2 Å². The van der Waals surface area contributed by atoms with E-state index in [0.717, 1.165) is 0 Å². The number of carbonyl (C=O) groups is 1. The Morgan fingerprint density at radius 3 is 2.78 bits per heavy atom. The molecule has 3 heterocycles. The number of esters is 1. The molecule has 0 saturated carbocycles. The summed E-state index contributed by atoms with van der Waals surface area (Å²) in [6.07, 6.45) is 0.436. The highest BCUT2D eigenvalue weighted by atomic mass is 35.5. The Balaban J connectivity index is 1.46. The van der Waals surface area contributed by atoms with E-state index in [2.05, 4.69) is 25.4 Å². The lowest BCUT2D eigenvalue weighted by molar-refractivity contribution is -0.145. The molecule has 1 fully saturated rings. The lowest BCUT2D eigenvalue weighted by atomic mass is 10.2. The maximum absolute atomic E-state index is 13.5. The van der Waals surface area contributed by atoms with Gasteiger partial charge >= 0.3 is 13.7 Å². The second-order valence-electron chi connectivity index (χ2n) is 8.48. The second-order valence-corrected chi connectivity index (χ2v) is 10.8. The number of carbonyl (C=O) groups excluding carboxylic acids is 1. The molecule has 0 amide bonds. The molecular formula is C22H29ClN7O6P. The summed E-state index contributed by atoms with van der Waals surface area (Å²) in [5.41, 5.74) is 6.81. The minimum Gasteiger partial charge on any atom is -0.462 e. The van der Waals surface area contributed by atoms with Crippen molar-refractivity contribution < 1.29 is 27.9 Å². The van der Waals surface area contributed by atoms with Crippen LogP contribution in [0.25, 0.3) is 11.2 Å². The topological polar surface area (TPSA) is 165 Å². The third-order valence-electron chi connectivity index (χ3n) is 5.26. The third-order valence-corrected chi connectivity index (χ3v) is 7.14. The van der Waals surface area contributed by atoms with Crippen LogP contribution in [0.4, 0.5) is 11.8 Å². The van der Waals surface area contributed by atoms with Crippen molar-refractivity contribution in [2.75, 3.05) is 31.2 Å². The standard InChI is InChI=1S/C22H29ClN7O6P/c1-13(2)34-17(31)10-27-37(32,36-14-7-5-4-6-8-14)33-11-15-9-16(23)21(35-15)30-12-26-18-19(25-3)28-22(24)29-20(18)30/h4-8,12-13,15-16,21H,9-11H2,1-3H3,(H,27,32)(H3,24,25,28,29). The molecule has 1 saturated heterocycles. The lowest BCUT2D eigenvalue weighted by Gasteiger charge is -2.22. The van der Waals surface area contributed by atoms with Gasteiger partial charge in [-0.1, -0.05) is 18.2 Å². The molecule has 15 heteroatoms. The fourth-order valence-corrected chi connectivity index (χ4v) is 5.39. The first-order valence-electron chi connectivity index (χ1n) is 11.6. The van der Waals surface area contributed by atoms with E-state index in [4.69, 9.17) is 35.9 Å². The molecular weight excluding hydrogens is 525 g/mol. The number of benzene rings is 1. The highest BCUT2D eigenvalue weighted by Gasteiger charge is 2.39. The van der Waals surface area contributed by atoms with Crippen LogP contribution in [0.5, 0.6) is 5.75 Å². The van der Waals surface area contributed by atoms with E-state index < -0.39 is 31.4 Å². The van der Waals surface area contributed by atoms with Crippen molar-refractivity contribution in [3.05, 3.63) is 36.7 Å². The predicted molar refractivity (Wildman–Crippen MR) is 137 cm³/mol. The van der Waals surface area contributed by atoms with Gasteiger partial charge in [0.2, 0.25) is 5.95 Å². The quantitative estimate of drug-likeness (QED) is 0.181. The zero-order valence-corrected chi connectivity index (χ0v) is 22.2. The SMILES string of the molecule is CNc1nc(N)nc2c1ncn2C1OC(COP(=O)(NCC(=O)OC(C)C)Oc2ccccc2)CC1Cl. The molecule has 1 aliphatic heterocycles. The number of nitrogens with two attached hydrogens (primary N) is 1. The van der Waals surface area contributed by atoms with E-state index in [1.54, 1.807) is 62.1 Å². The van der Waals surface area contributed by atoms with Crippen molar-refractivity contribution in [1.29, 1.82) is 0 Å². The van der Waals surface area contributed by atoms with Crippen LogP contribution in [-0.2, 0) is 23.4 Å². The van der Waals surface area contributed by atoms with Crippen LogP contribution in [0.1, 0.15) is 26.5 Å². The number of hydrogen-bond donors (Lipinski definition) is 3. The Morgan fingerprint density at radius 2 is 2.08 bits per heavy atom. The average molecular weight is 554 g/mol. The van der Waals surface area contributed by atoms with Gasteiger partial charge in [0.25, 0.3) is 0 Å². The number of nitrogen functional groups attached to an aromatic ring is 1. The summed E-state index contributed by atoms with van der Waals surface area (Å²) in [6, 6.07) is 8.48. The second kappa shape index (κ2) is 11.6. The number of para-hydroxylation sites is 1. The van der Waals surface area contributed by atoms with E-state index in [9.17, 15) is 9.36 Å². The molecule has 200 valence electrons. The first-order valence-corrected chi connectivity index (χ1v) is 13.6. The number of alkyl halides is 1. The van der Waals surface area contributed by atoms with Crippen molar-refractivity contribution in [1.82, 2.24) is 24.6 Å². The number of hydrogen-bond acceptors (Lipinski definition) is 11. The normalized spacial score (nSPS) is 21.2. The van der Waals surface area contributed by atoms with Crippen molar-refractivity contribution in [2.24, 2.45) is 0 Å². The molecule has 4 N–H and O–H groups in total. The van der Waals surface area contributed by atoms with Crippen LogP contribution in [0, 0.1) is 0 Å². The molecule has 0 spiro atoms. The number of imidazole rings is 1. The van der Waals surface area contributed by atoms with Crippen molar-refractivity contribution >= 4 is 48.2 Å². The number of fused-ring (bicyclic) bond motifs is 1. The van der Waals surface area contributed by atoms with Crippen LogP contribution >= 0.6 is 19.3 Å². The Kier molecular flexibility index (Phi) is 8.50. The summed E-state index contributed by atoms with van der Waals surface area (Å²) in [4.78, 5) is 24.8. The fraction of sp³-hybridized carbons (Fsp3) is 0.455. The van der Waals surface area contributed by atoms with E-state index in [0.29, 0.717) is 29.2 Å². The first kappa shape index (κ1) is 27.1. The van der Waals surface area contributed by atoms with Gasteiger partial charge in [-0.25, -0.2) is 14.6 Å². The fourth-order valence-electron chi connectivity index (χ4n) is 3.72. The molecule has 4 atom stereocenters. The van der Waals surface area contributed by atoms with Crippen LogP contribution in [0.2, 0.25) is 0 Å². The molecule has 0 radical (unpaired) electrons. The number of rotatable bonds is 11. The molecule has 0 bridgehead atoms. The smallest absolute Gasteiger partial charge is 0.459 e. The first-order chi connectivity index (χ1) is 17.7. The molecule has 4 rings (SSSR count). The van der Waals surface area contributed by atoms with Crippen LogP contribution in [0.15, 0.2) is 36.7 Å². The zero-order valence-electron chi connectivity index (χ0n) is 20.5. The highest BCUT2D eigenvalue weighted by Crippen LogP contribution is 2.45. The Morgan fingerprint density at radius 1 is 1.32 bits per heavy atom. The number of aromatic nitrogens is 4. The summed E-state index contributed by atoms with van der Waals surface area (Å²) in [6.45, 7) is 2.94. The Hall–Kier alpha value is -2.96. The molecule has 13 nitrogen and oxygen atoms in total. The summed E-state index contributed by atoms with van der Waals surface area (Å²) in [5, 5.41) is 5.03. The van der Waals surface area contributed by atoms with Crippen molar-refractivity contribution in [3.8, 4) is 5.75 Å². The lowest BCUT2D eigenvalue weighted by Crippen LogP contribution is -2.28.